The topological polar surface area (TPSA) is 16.4 Å². The summed E-state index contributed by atoms with van der Waals surface area (Å²) in [5.41, 5.74) is 11.6. The van der Waals surface area contributed by atoms with E-state index in [0.717, 1.165) is 66.8 Å². The first-order chi connectivity index (χ1) is 26.2. The number of para-hydroxylation sites is 2. The largest absolute Gasteiger partial charge is 0.456 e. The Balaban J connectivity index is 1.23. The van der Waals surface area contributed by atoms with Gasteiger partial charge in [0, 0.05) is 27.7 Å². The van der Waals surface area contributed by atoms with Crippen LogP contribution >= 0.6 is 0 Å². The first-order valence-corrected chi connectivity index (χ1v) is 18.1. The lowest BCUT2D eigenvalue weighted by Gasteiger charge is -2.29. The molecule has 9 rings (SSSR count). The monoisotopic (exact) mass is 679 g/mol. The molecule has 1 heterocycles. The summed E-state index contributed by atoms with van der Waals surface area (Å²) in [6.07, 6.45) is 6.52. The molecule has 0 spiro atoms. The fraction of sp³-hybridized carbons (Fsp3) is 0.0196. The minimum Gasteiger partial charge on any atom is -0.456 e. The summed E-state index contributed by atoms with van der Waals surface area (Å²) in [5, 5.41) is 7.07. The van der Waals surface area contributed by atoms with Gasteiger partial charge in [0.05, 0.1) is 5.69 Å². The van der Waals surface area contributed by atoms with Crippen molar-refractivity contribution in [2.45, 2.75) is 6.92 Å². The van der Waals surface area contributed by atoms with E-state index >= 15 is 0 Å². The van der Waals surface area contributed by atoms with Crippen LogP contribution in [-0.2, 0) is 0 Å². The van der Waals surface area contributed by atoms with Crippen LogP contribution in [0, 0.1) is 0 Å². The molecule has 0 N–H and O–H groups in total. The molecule has 0 unspecified atom stereocenters. The van der Waals surface area contributed by atoms with Crippen LogP contribution in [0.25, 0.3) is 71.3 Å². The van der Waals surface area contributed by atoms with Crippen molar-refractivity contribution in [1.29, 1.82) is 0 Å². The zero-order chi connectivity index (χ0) is 35.7. The predicted molar refractivity (Wildman–Crippen MR) is 227 cm³/mol. The third-order valence-electron chi connectivity index (χ3n) is 10.2. The van der Waals surface area contributed by atoms with Crippen molar-refractivity contribution >= 4 is 60.4 Å². The van der Waals surface area contributed by atoms with E-state index in [1.165, 1.54) is 27.1 Å². The molecule has 0 aliphatic carbocycles. The maximum atomic E-state index is 6.36. The van der Waals surface area contributed by atoms with Crippen LogP contribution < -0.4 is 4.90 Å². The van der Waals surface area contributed by atoms with Crippen molar-refractivity contribution in [2.24, 2.45) is 0 Å². The molecule has 0 aliphatic rings. The van der Waals surface area contributed by atoms with E-state index in [9.17, 15) is 0 Å². The van der Waals surface area contributed by atoms with Crippen molar-refractivity contribution in [3.63, 3.8) is 0 Å². The summed E-state index contributed by atoms with van der Waals surface area (Å²) in [7, 11) is 0. The van der Waals surface area contributed by atoms with Gasteiger partial charge in [-0.1, -0.05) is 164 Å². The predicted octanol–water partition coefficient (Wildman–Crippen LogP) is 14.5. The summed E-state index contributed by atoms with van der Waals surface area (Å²) < 4.78 is 6.36. The summed E-state index contributed by atoms with van der Waals surface area (Å²) in [4.78, 5) is 2.37. The fourth-order valence-corrected chi connectivity index (χ4v) is 7.69. The Labute approximate surface area is 309 Å². The number of allylic oxidation sites excluding steroid dienone is 4. The molecule has 2 nitrogen and oxygen atoms in total. The molecular formula is C51H37NO. The van der Waals surface area contributed by atoms with Crippen LogP contribution in [0.4, 0.5) is 11.4 Å². The fourth-order valence-electron chi connectivity index (χ4n) is 7.69. The summed E-state index contributed by atoms with van der Waals surface area (Å²) in [6.45, 7) is 6.65. The van der Waals surface area contributed by atoms with Crippen LogP contribution in [0.5, 0.6) is 0 Å². The number of hydrogen-bond donors (Lipinski definition) is 0. The Bertz CT molecular complexity index is 2880. The minimum absolute atomic E-state index is 0.876. The number of hydrogen-bond acceptors (Lipinski definition) is 2. The van der Waals surface area contributed by atoms with Gasteiger partial charge in [0.1, 0.15) is 11.2 Å². The summed E-state index contributed by atoms with van der Waals surface area (Å²) in [6, 6.07) is 62.3. The van der Waals surface area contributed by atoms with Gasteiger partial charge in [-0.3, -0.25) is 0 Å². The van der Waals surface area contributed by atoms with Crippen molar-refractivity contribution in [1.82, 2.24) is 0 Å². The highest BCUT2D eigenvalue weighted by Crippen LogP contribution is 2.44. The highest BCUT2D eigenvalue weighted by Gasteiger charge is 2.21. The van der Waals surface area contributed by atoms with Crippen LogP contribution in [0.3, 0.4) is 0 Å². The highest BCUT2D eigenvalue weighted by atomic mass is 16.3. The zero-order valence-electron chi connectivity index (χ0n) is 29.5. The molecule has 8 aromatic carbocycles. The Morgan fingerprint density at radius 1 is 0.528 bits per heavy atom. The quantitative estimate of drug-likeness (QED) is 0.149. The van der Waals surface area contributed by atoms with Gasteiger partial charge in [-0.25, -0.2) is 0 Å². The van der Waals surface area contributed by atoms with E-state index in [-0.39, 0.29) is 0 Å². The molecule has 0 amide bonds. The lowest BCUT2D eigenvalue weighted by atomic mass is 9.95. The maximum absolute atomic E-state index is 6.36. The normalized spacial score (nSPS) is 12.0. The number of rotatable bonds is 8. The molecule has 0 aliphatic heterocycles. The van der Waals surface area contributed by atoms with Gasteiger partial charge in [-0.05, 0) is 92.7 Å². The maximum Gasteiger partial charge on any atom is 0.136 e. The average Bonchev–Trinajstić information content (AvgIpc) is 3.61. The zero-order valence-corrected chi connectivity index (χ0v) is 29.5. The molecule has 0 saturated carbocycles. The number of benzene rings is 8. The SMILES string of the molecule is C=C(/C=C\C(=C/C)N(c1cccc(-c2cccc3ccccc23)c1)c1ccccc1-c1cccc2oc3ccccc3c12)c1cccc2ccccc12. The van der Waals surface area contributed by atoms with E-state index < -0.39 is 0 Å². The second kappa shape index (κ2) is 13.7. The number of furan rings is 1. The van der Waals surface area contributed by atoms with Gasteiger partial charge in [0.15, 0.2) is 0 Å². The van der Waals surface area contributed by atoms with E-state index in [4.69, 9.17) is 4.42 Å². The Morgan fingerprint density at radius 2 is 1.13 bits per heavy atom. The molecule has 0 fully saturated rings. The molecule has 0 saturated heterocycles. The smallest absolute Gasteiger partial charge is 0.136 e. The Kier molecular flexibility index (Phi) is 8.26. The average molecular weight is 680 g/mol. The molecule has 53 heavy (non-hydrogen) atoms. The Hall–Kier alpha value is -6.90. The molecule has 0 bridgehead atoms. The van der Waals surface area contributed by atoms with Crippen molar-refractivity contribution in [2.75, 3.05) is 4.90 Å². The molecule has 9 aromatic rings. The summed E-state index contributed by atoms with van der Waals surface area (Å²) in [5.74, 6) is 0. The van der Waals surface area contributed by atoms with E-state index in [1.807, 2.05) is 12.1 Å². The van der Waals surface area contributed by atoms with Crippen molar-refractivity contribution in [3.8, 4) is 22.3 Å². The first kappa shape index (κ1) is 32.0. The van der Waals surface area contributed by atoms with Gasteiger partial charge in [0.25, 0.3) is 0 Å². The standard InChI is InChI=1S/C51H37NO/c1-3-39(33-32-35(2)41-26-13-18-36-16-4-6-22-42(36)41)52(40-21-12-20-38(34-40)44-27-14-19-37-17-5-7-23-43(37)44)48-29-10-8-24-45(48)46-28-15-31-50-51(46)47-25-9-11-30-49(47)53-50/h3-34H,2H2,1H3/b33-32-,39-3+. The number of anilines is 2. The van der Waals surface area contributed by atoms with E-state index in [1.54, 1.807) is 0 Å². The lowest BCUT2D eigenvalue weighted by molar-refractivity contribution is 0.669. The molecule has 0 radical (unpaired) electrons. The molecule has 252 valence electrons. The van der Waals surface area contributed by atoms with Gasteiger partial charge in [0.2, 0.25) is 0 Å². The third kappa shape index (κ3) is 5.81. The molecular weight excluding hydrogens is 643 g/mol. The van der Waals surface area contributed by atoms with Crippen LogP contribution in [0.1, 0.15) is 12.5 Å². The Morgan fingerprint density at radius 3 is 1.98 bits per heavy atom. The van der Waals surface area contributed by atoms with E-state index in [2.05, 4.69) is 200 Å². The molecule has 0 atom stereocenters. The lowest BCUT2D eigenvalue weighted by Crippen LogP contribution is -2.16. The van der Waals surface area contributed by atoms with Gasteiger partial charge >= 0.3 is 0 Å². The molecule has 1 aromatic heterocycles. The number of fused-ring (bicyclic) bond motifs is 5. The van der Waals surface area contributed by atoms with Crippen LogP contribution in [0.15, 0.2) is 211 Å². The second-order valence-corrected chi connectivity index (χ2v) is 13.3. The third-order valence-corrected chi connectivity index (χ3v) is 10.2. The van der Waals surface area contributed by atoms with Gasteiger partial charge in [-0.15, -0.1) is 0 Å². The van der Waals surface area contributed by atoms with Crippen molar-refractivity contribution in [3.05, 3.63) is 212 Å². The highest BCUT2D eigenvalue weighted by molar-refractivity contribution is 6.13. The second-order valence-electron chi connectivity index (χ2n) is 13.3. The van der Waals surface area contributed by atoms with Crippen molar-refractivity contribution < 1.29 is 4.42 Å². The van der Waals surface area contributed by atoms with Crippen LogP contribution in [0.2, 0.25) is 0 Å². The van der Waals surface area contributed by atoms with Crippen LogP contribution in [-0.4, -0.2) is 0 Å². The molecule has 2 heteroatoms. The van der Waals surface area contributed by atoms with Gasteiger partial charge in [-0.2, -0.15) is 0 Å². The first-order valence-electron chi connectivity index (χ1n) is 18.1. The summed E-state index contributed by atoms with van der Waals surface area (Å²) >= 11 is 0. The van der Waals surface area contributed by atoms with E-state index in [0.29, 0.717) is 0 Å². The number of nitrogens with zero attached hydrogens (tertiary/aromatic N) is 1. The van der Waals surface area contributed by atoms with Gasteiger partial charge < -0.3 is 9.32 Å². The minimum atomic E-state index is 0.876.